The Morgan fingerprint density at radius 1 is 1.28 bits per heavy atom. The lowest BCUT2D eigenvalue weighted by molar-refractivity contribution is -0.139. The van der Waals surface area contributed by atoms with E-state index in [-0.39, 0.29) is 6.09 Å². The van der Waals surface area contributed by atoms with Gasteiger partial charge in [0.25, 0.3) is 0 Å². The number of rotatable bonds is 1. The van der Waals surface area contributed by atoms with Crippen molar-refractivity contribution in [3.63, 3.8) is 0 Å². The van der Waals surface area contributed by atoms with Crippen LogP contribution in [0.1, 0.15) is 46.5 Å². The number of aliphatic hydroxyl groups is 1. The molecule has 104 valence electrons. The molecule has 1 saturated heterocycles. The largest absolute Gasteiger partial charge is 0.444 e. The number of carbonyl (C=O) groups excluding carboxylic acids is 1. The summed E-state index contributed by atoms with van der Waals surface area (Å²) >= 11 is 0. The minimum absolute atomic E-state index is 0.290. The molecular formula is C13H24N2O3. The molecule has 18 heavy (non-hydrogen) atoms. The molecule has 0 aromatic carbocycles. The fourth-order valence-electron chi connectivity index (χ4n) is 2.83. The smallest absolute Gasteiger partial charge is 0.410 e. The molecule has 3 N–H and O–H groups in total. The Morgan fingerprint density at radius 3 is 2.22 bits per heavy atom. The maximum absolute atomic E-state index is 11.8. The van der Waals surface area contributed by atoms with Gasteiger partial charge < -0.3 is 20.5 Å². The molecule has 2 aliphatic rings. The first-order valence-electron chi connectivity index (χ1n) is 6.64. The van der Waals surface area contributed by atoms with E-state index in [0.717, 1.165) is 25.7 Å². The van der Waals surface area contributed by atoms with Crippen LogP contribution in [-0.2, 0) is 4.74 Å². The van der Waals surface area contributed by atoms with Gasteiger partial charge in [-0.05, 0) is 33.6 Å². The van der Waals surface area contributed by atoms with E-state index in [0.29, 0.717) is 13.1 Å². The Kier molecular flexibility index (Phi) is 3.10. The second-order valence-corrected chi connectivity index (χ2v) is 6.73. The molecular weight excluding hydrogens is 232 g/mol. The predicted molar refractivity (Wildman–Crippen MR) is 68.1 cm³/mol. The van der Waals surface area contributed by atoms with Gasteiger partial charge >= 0.3 is 6.09 Å². The molecule has 0 aromatic rings. The first kappa shape index (κ1) is 13.6. The van der Waals surface area contributed by atoms with E-state index < -0.39 is 16.7 Å². The summed E-state index contributed by atoms with van der Waals surface area (Å²) in [6, 6.07) is 0. The molecule has 1 amide bonds. The Labute approximate surface area is 108 Å². The van der Waals surface area contributed by atoms with Crippen molar-refractivity contribution >= 4 is 6.09 Å². The molecule has 1 aliphatic carbocycles. The van der Waals surface area contributed by atoms with Gasteiger partial charge in [-0.2, -0.15) is 0 Å². The number of hydrogen-bond acceptors (Lipinski definition) is 4. The molecule has 2 fully saturated rings. The third-order valence-electron chi connectivity index (χ3n) is 3.98. The Balaban J connectivity index is 1.91. The van der Waals surface area contributed by atoms with Gasteiger partial charge in [0.05, 0.1) is 13.1 Å². The van der Waals surface area contributed by atoms with E-state index in [9.17, 15) is 9.90 Å². The summed E-state index contributed by atoms with van der Waals surface area (Å²) in [5.74, 6) is 0. The zero-order valence-corrected chi connectivity index (χ0v) is 11.5. The van der Waals surface area contributed by atoms with Crippen LogP contribution >= 0.6 is 0 Å². The summed E-state index contributed by atoms with van der Waals surface area (Å²) in [6.07, 6.45) is 3.43. The lowest BCUT2D eigenvalue weighted by Gasteiger charge is -2.54. The van der Waals surface area contributed by atoms with Crippen LogP contribution in [0, 0.1) is 0 Å². The Morgan fingerprint density at radius 2 is 1.78 bits per heavy atom. The van der Waals surface area contributed by atoms with Gasteiger partial charge in [0.15, 0.2) is 0 Å². The van der Waals surface area contributed by atoms with Crippen molar-refractivity contribution in [1.29, 1.82) is 0 Å². The first-order chi connectivity index (χ1) is 8.15. The van der Waals surface area contributed by atoms with Crippen LogP contribution in [0.25, 0.3) is 0 Å². The van der Waals surface area contributed by atoms with E-state index in [1.165, 1.54) is 4.90 Å². The van der Waals surface area contributed by atoms with Crippen molar-refractivity contribution in [2.45, 2.75) is 63.2 Å². The average Bonchev–Trinajstić information content (AvgIpc) is 2.58. The summed E-state index contributed by atoms with van der Waals surface area (Å²) in [7, 11) is 0. The summed E-state index contributed by atoms with van der Waals surface area (Å²) in [5.41, 5.74) is 4.31. The van der Waals surface area contributed by atoms with Gasteiger partial charge in [-0.1, -0.05) is 12.8 Å². The number of β-amino-alcohol motifs (C(OH)–C–C–N with tert-alkyl or cyclic N) is 1. The highest BCUT2D eigenvalue weighted by atomic mass is 16.6. The third kappa shape index (κ3) is 2.34. The topological polar surface area (TPSA) is 75.8 Å². The Hall–Kier alpha value is -0.810. The molecule has 1 saturated carbocycles. The van der Waals surface area contributed by atoms with Crippen LogP contribution in [0.5, 0.6) is 0 Å². The highest BCUT2D eigenvalue weighted by molar-refractivity contribution is 5.70. The van der Waals surface area contributed by atoms with Crippen molar-refractivity contribution in [3.8, 4) is 0 Å². The minimum atomic E-state index is -0.930. The molecule has 0 atom stereocenters. The van der Waals surface area contributed by atoms with Crippen LogP contribution in [-0.4, -0.2) is 45.9 Å². The molecule has 0 radical (unpaired) electrons. The lowest BCUT2D eigenvalue weighted by atomic mass is 9.74. The highest BCUT2D eigenvalue weighted by Gasteiger charge is 2.57. The number of hydrogen-bond donors (Lipinski definition) is 2. The molecule has 1 aliphatic heterocycles. The number of nitrogens with two attached hydrogens (primary N) is 1. The molecule has 0 unspecified atom stereocenters. The summed E-state index contributed by atoms with van der Waals surface area (Å²) in [5, 5.41) is 10.5. The van der Waals surface area contributed by atoms with Crippen molar-refractivity contribution in [2.75, 3.05) is 13.1 Å². The molecule has 0 spiro atoms. The van der Waals surface area contributed by atoms with Crippen molar-refractivity contribution < 1.29 is 14.6 Å². The zero-order valence-electron chi connectivity index (χ0n) is 11.5. The maximum Gasteiger partial charge on any atom is 0.410 e. The molecule has 0 aromatic heterocycles. The zero-order chi connectivity index (χ0) is 13.6. The maximum atomic E-state index is 11.8. The SMILES string of the molecule is CC(C)(C)OC(=O)N1CC(O)(C2(N)CCCC2)C1. The molecule has 2 rings (SSSR count). The van der Waals surface area contributed by atoms with Crippen molar-refractivity contribution in [3.05, 3.63) is 0 Å². The number of carbonyl (C=O) groups is 1. The third-order valence-corrected chi connectivity index (χ3v) is 3.98. The van der Waals surface area contributed by atoms with Gasteiger partial charge in [0, 0.05) is 5.54 Å². The highest BCUT2D eigenvalue weighted by Crippen LogP contribution is 2.41. The van der Waals surface area contributed by atoms with Crippen molar-refractivity contribution in [2.24, 2.45) is 5.73 Å². The quantitative estimate of drug-likeness (QED) is 0.740. The number of likely N-dealkylation sites (tertiary alicyclic amines) is 1. The summed E-state index contributed by atoms with van der Waals surface area (Å²) in [4.78, 5) is 13.3. The van der Waals surface area contributed by atoms with Crippen LogP contribution in [0.3, 0.4) is 0 Å². The number of amides is 1. The van der Waals surface area contributed by atoms with Crippen LogP contribution in [0.2, 0.25) is 0 Å². The first-order valence-corrected chi connectivity index (χ1v) is 6.64. The van der Waals surface area contributed by atoms with E-state index >= 15 is 0 Å². The van der Waals surface area contributed by atoms with E-state index in [1.54, 1.807) is 0 Å². The van der Waals surface area contributed by atoms with Gasteiger partial charge in [0.2, 0.25) is 0 Å². The van der Waals surface area contributed by atoms with E-state index in [1.807, 2.05) is 20.8 Å². The van der Waals surface area contributed by atoms with Crippen LogP contribution in [0.4, 0.5) is 4.79 Å². The fraction of sp³-hybridized carbons (Fsp3) is 0.923. The monoisotopic (exact) mass is 256 g/mol. The molecule has 5 nitrogen and oxygen atoms in total. The van der Waals surface area contributed by atoms with Crippen LogP contribution in [0.15, 0.2) is 0 Å². The van der Waals surface area contributed by atoms with Crippen molar-refractivity contribution in [1.82, 2.24) is 4.90 Å². The Bertz CT molecular complexity index is 337. The van der Waals surface area contributed by atoms with Gasteiger partial charge in [0.1, 0.15) is 11.2 Å². The summed E-state index contributed by atoms with van der Waals surface area (Å²) in [6.45, 7) is 6.08. The average molecular weight is 256 g/mol. The second kappa shape index (κ2) is 4.10. The minimum Gasteiger partial charge on any atom is -0.444 e. The summed E-state index contributed by atoms with van der Waals surface area (Å²) < 4.78 is 5.27. The van der Waals surface area contributed by atoms with Gasteiger partial charge in [-0.15, -0.1) is 0 Å². The number of ether oxygens (including phenoxy) is 1. The van der Waals surface area contributed by atoms with E-state index in [4.69, 9.17) is 10.5 Å². The standard InChI is InChI=1S/C13H24N2O3/c1-11(2,3)18-10(16)15-8-13(17,9-15)12(14)6-4-5-7-12/h17H,4-9,14H2,1-3H3. The van der Waals surface area contributed by atoms with Crippen LogP contribution < -0.4 is 5.73 Å². The lowest BCUT2D eigenvalue weighted by Crippen LogP contribution is -2.76. The molecule has 0 bridgehead atoms. The van der Waals surface area contributed by atoms with E-state index in [2.05, 4.69) is 0 Å². The molecule has 5 heteroatoms. The normalized spacial score (nSPS) is 25.7. The number of nitrogens with zero attached hydrogens (tertiary/aromatic N) is 1. The van der Waals surface area contributed by atoms with Gasteiger partial charge in [-0.25, -0.2) is 4.79 Å². The predicted octanol–water partition coefficient (Wildman–Crippen LogP) is 1.24. The second-order valence-electron chi connectivity index (χ2n) is 6.73. The van der Waals surface area contributed by atoms with Gasteiger partial charge in [-0.3, -0.25) is 0 Å². The molecule has 1 heterocycles. The fourth-order valence-corrected chi connectivity index (χ4v) is 2.83.